The van der Waals surface area contributed by atoms with Gasteiger partial charge in [0.1, 0.15) is 19.0 Å². The molecule has 29 heavy (non-hydrogen) atoms. The van der Waals surface area contributed by atoms with Crippen LogP contribution in [-0.2, 0) is 4.79 Å². The summed E-state index contributed by atoms with van der Waals surface area (Å²) in [6.45, 7) is 2.97. The zero-order chi connectivity index (χ0) is 20.8. The normalized spacial score (nSPS) is 13.5. The zero-order valence-corrected chi connectivity index (χ0v) is 16.7. The molecule has 2 N–H and O–H groups in total. The van der Waals surface area contributed by atoms with Crippen molar-refractivity contribution in [1.29, 1.82) is 0 Å². The van der Waals surface area contributed by atoms with Crippen LogP contribution in [0, 0.1) is 0 Å². The topological polar surface area (TPSA) is 89.1 Å². The Hall–Kier alpha value is -3.26. The van der Waals surface area contributed by atoms with E-state index in [4.69, 9.17) is 14.2 Å². The van der Waals surface area contributed by atoms with Gasteiger partial charge in [0.2, 0.25) is 5.91 Å². The fourth-order valence-electron chi connectivity index (χ4n) is 3.06. The summed E-state index contributed by atoms with van der Waals surface area (Å²) in [6.07, 6.45) is 0. The molecule has 0 saturated heterocycles. The van der Waals surface area contributed by atoms with Crippen molar-refractivity contribution >= 4 is 17.6 Å². The van der Waals surface area contributed by atoms with Crippen LogP contribution in [0.25, 0.3) is 0 Å². The van der Waals surface area contributed by atoms with Gasteiger partial charge in [-0.3, -0.25) is 15.0 Å². The molecule has 0 aromatic heterocycles. The molecule has 1 aliphatic rings. The molecule has 3 amide bonds. The number of nitrogens with one attached hydrogen (secondary N) is 2. The maximum atomic E-state index is 12.3. The summed E-state index contributed by atoms with van der Waals surface area (Å²) < 4.78 is 16.3. The molecule has 0 bridgehead atoms. The summed E-state index contributed by atoms with van der Waals surface area (Å²) in [5.41, 5.74) is 1.47. The molecule has 154 valence electrons. The lowest BCUT2D eigenvalue weighted by Gasteiger charge is -2.25. The van der Waals surface area contributed by atoms with Gasteiger partial charge in [0.15, 0.2) is 11.5 Å². The number of amides is 3. The standard InChI is InChI=1S/C21H25N3O5/c1-14(16-6-4-5-7-17(16)27-3)24(2)13-20(25)23-21(26)22-15-8-9-18-19(12-15)29-11-10-28-18/h4-9,12,14H,10-11,13H2,1-3H3,(H2,22,23,25,26). The van der Waals surface area contributed by atoms with E-state index < -0.39 is 11.9 Å². The van der Waals surface area contributed by atoms with Crippen molar-refractivity contribution in [3.63, 3.8) is 0 Å². The molecule has 2 aromatic carbocycles. The SMILES string of the molecule is COc1ccccc1C(C)N(C)CC(=O)NC(=O)Nc1ccc2c(c1)OCCO2. The summed E-state index contributed by atoms with van der Waals surface area (Å²) >= 11 is 0. The number of ether oxygens (including phenoxy) is 3. The minimum absolute atomic E-state index is 0.0494. The number of urea groups is 1. The number of carbonyl (C=O) groups excluding carboxylic acids is 2. The van der Waals surface area contributed by atoms with Crippen molar-refractivity contribution in [2.75, 3.05) is 39.2 Å². The lowest BCUT2D eigenvalue weighted by Crippen LogP contribution is -2.41. The number of benzene rings is 2. The molecule has 2 aromatic rings. The Bertz CT molecular complexity index is 886. The highest BCUT2D eigenvalue weighted by molar-refractivity contribution is 6.01. The lowest BCUT2D eigenvalue weighted by atomic mass is 10.1. The quantitative estimate of drug-likeness (QED) is 0.777. The zero-order valence-electron chi connectivity index (χ0n) is 16.7. The first-order valence-electron chi connectivity index (χ1n) is 9.31. The molecule has 0 saturated carbocycles. The average molecular weight is 399 g/mol. The second-order valence-corrected chi connectivity index (χ2v) is 6.69. The minimum Gasteiger partial charge on any atom is -0.496 e. The number of hydrogen-bond acceptors (Lipinski definition) is 6. The van der Waals surface area contributed by atoms with Crippen LogP contribution in [0.3, 0.4) is 0 Å². The van der Waals surface area contributed by atoms with E-state index >= 15 is 0 Å². The molecule has 0 radical (unpaired) electrons. The van der Waals surface area contributed by atoms with Crippen LogP contribution in [0.5, 0.6) is 17.2 Å². The fraction of sp³-hybridized carbons (Fsp3) is 0.333. The van der Waals surface area contributed by atoms with Gasteiger partial charge >= 0.3 is 6.03 Å². The first-order chi connectivity index (χ1) is 14.0. The number of anilines is 1. The van der Waals surface area contributed by atoms with Crippen molar-refractivity contribution in [1.82, 2.24) is 10.2 Å². The van der Waals surface area contributed by atoms with Crippen molar-refractivity contribution in [3.8, 4) is 17.2 Å². The molecule has 0 fully saturated rings. The Morgan fingerprint density at radius 1 is 1.14 bits per heavy atom. The van der Waals surface area contributed by atoms with E-state index in [1.165, 1.54) is 0 Å². The third-order valence-corrected chi connectivity index (χ3v) is 4.70. The van der Waals surface area contributed by atoms with Gasteiger partial charge in [0.25, 0.3) is 0 Å². The number of carbonyl (C=O) groups is 2. The van der Waals surface area contributed by atoms with Crippen LogP contribution in [0.4, 0.5) is 10.5 Å². The van der Waals surface area contributed by atoms with Crippen LogP contribution in [0.2, 0.25) is 0 Å². The van der Waals surface area contributed by atoms with E-state index in [0.717, 1.165) is 11.3 Å². The van der Waals surface area contributed by atoms with Gasteiger partial charge in [-0.25, -0.2) is 4.79 Å². The number of methoxy groups -OCH3 is 1. The first kappa shape index (κ1) is 20.5. The monoisotopic (exact) mass is 399 g/mol. The first-order valence-corrected chi connectivity index (χ1v) is 9.31. The summed E-state index contributed by atoms with van der Waals surface area (Å²) in [4.78, 5) is 26.3. The third kappa shape index (κ3) is 5.17. The van der Waals surface area contributed by atoms with Gasteiger partial charge in [-0.05, 0) is 32.2 Å². The van der Waals surface area contributed by atoms with Gasteiger partial charge in [-0.1, -0.05) is 18.2 Å². The van der Waals surface area contributed by atoms with Crippen LogP contribution >= 0.6 is 0 Å². The number of imide groups is 1. The fourth-order valence-corrected chi connectivity index (χ4v) is 3.06. The highest BCUT2D eigenvalue weighted by Gasteiger charge is 2.19. The number of likely N-dealkylation sites (N-methyl/N-ethyl adjacent to an activating group) is 1. The lowest BCUT2D eigenvalue weighted by molar-refractivity contribution is -0.121. The molecule has 8 nitrogen and oxygen atoms in total. The van der Waals surface area contributed by atoms with E-state index in [1.54, 1.807) is 25.3 Å². The van der Waals surface area contributed by atoms with Crippen LogP contribution in [0.15, 0.2) is 42.5 Å². The molecule has 1 atom stereocenters. The highest BCUT2D eigenvalue weighted by atomic mass is 16.6. The number of fused-ring (bicyclic) bond motifs is 1. The predicted molar refractivity (Wildman–Crippen MR) is 109 cm³/mol. The van der Waals surface area contributed by atoms with E-state index in [-0.39, 0.29) is 12.6 Å². The van der Waals surface area contributed by atoms with Crippen molar-refractivity contribution in [2.24, 2.45) is 0 Å². The second-order valence-electron chi connectivity index (χ2n) is 6.69. The highest BCUT2D eigenvalue weighted by Crippen LogP contribution is 2.32. The molecule has 1 aliphatic heterocycles. The maximum absolute atomic E-state index is 12.3. The van der Waals surface area contributed by atoms with E-state index in [1.807, 2.05) is 43.1 Å². The summed E-state index contributed by atoms with van der Waals surface area (Å²) in [5.74, 6) is 1.53. The molecule has 0 spiro atoms. The van der Waals surface area contributed by atoms with Crippen molar-refractivity contribution < 1.29 is 23.8 Å². The molecular weight excluding hydrogens is 374 g/mol. The van der Waals surface area contributed by atoms with Gasteiger partial charge in [0, 0.05) is 23.4 Å². The smallest absolute Gasteiger partial charge is 0.325 e. The molecule has 8 heteroatoms. The number of nitrogens with zero attached hydrogens (tertiary/aromatic N) is 1. The van der Waals surface area contributed by atoms with Crippen LogP contribution < -0.4 is 24.8 Å². The van der Waals surface area contributed by atoms with Crippen molar-refractivity contribution in [3.05, 3.63) is 48.0 Å². The van der Waals surface area contributed by atoms with Gasteiger partial charge < -0.3 is 19.5 Å². The number of hydrogen-bond donors (Lipinski definition) is 2. The molecular formula is C21H25N3O5. The average Bonchev–Trinajstić information content (AvgIpc) is 2.72. The van der Waals surface area contributed by atoms with Crippen LogP contribution in [-0.4, -0.2) is 50.8 Å². The minimum atomic E-state index is -0.606. The summed E-state index contributed by atoms with van der Waals surface area (Å²) in [7, 11) is 3.43. The predicted octanol–water partition coefficient (Wildman–Crippen LogP) is 2.81. The van der Waals surface area contributed by atoms with Gasteiger partial charge in [-0.2, -0.15) is 0 Å². The number of para-hydroxylation sites is 1. The van der Waals surface area contributed by atoms with Crippen LogP contribution in [0.1, 0.15) is 18.5 Å². The molecule has 0 aliphatic carbocycles. The van der Waals surface area contributed by atoms with Gasteiger partial charge in [-0.15, -0.1) is 0 Å². The molecule has 1 heterocycles. The number of rotatable bonds is 6. The van der Waals surface area contributed by atoms with E-state index in [0.29, 0.717) is 30.4 Å². The Morgan fingerprint density at radius 2 is 1.86 bits per heavy atom. The Labute approximate surface area is 169 Å². The second kappa shape index (κ2) is 9.29. The summed E-state index contributed by atoms with van der Waals surface area (Å²) in [6, 6.07) is 12.0. The largest absolute Gasteiger partial charge is 0.496 e. The molecule has 3 rings (SSSR count). The summed E-state index contributed by atoms with van der Waals surface area (Å²) in [5, 5.41) is 4.97. The maximum Gasteiger partial charge on any atom is 0.325 e. The van der Waals surface area contributed by atoms with E-state index in [2.05, 4.69) is 10.6 Å². The Morgan fingerprint density at radius 3 is 2.62 bits per heavy atom. The molecule has 1 unspecified atom stereocenters. The van der Waals surface area contributed by atoms with E-state index in [9.17, 15) is 9.59 Å². The van der Waals surface area contributed by atoms with Crippen molar-refractivity contribution in [2.45, 2.75) is 13.0 Å². The Balaban J connectivity index is 1.54. The van der Waals surface area contributed by atoms with Gasteiger partial charge in [0.05, 0.1) is 13.7 Å². The third-order valence-electron chi connectivity index (χ3n) is 4.70. The Kier molecular flexibility index (Phi) is 6.56.